The fraction of sp³-hybridized carbons (Fsp3) is 0.480. The molecule has 1 unspecified atom stereocenters. The van der Waals surface area contributed by atoms with E-state index in [9.17, 15) is 4.79 Å². The van der Waals surface area contributed by atoms with Gasteiger partial charge in [0.2, 0.25) is 5.95 Å². The normalized spacial score (nSPS) is 12.0. The summed E-state index contributed by atoms with van der Waals surface area (Å²) in [6.07, 6.45) is 5.69. The molecule has 0 spiro atoms. The molecular weight excluding hydrogens is 416 g/mol. The van der Waals surface area contributed by atoms with Crippen molar-refractivity contribution in [1.82, 2.24) is 14.5 Å². The van der Waals surface area contributed by atoms with Crippen LogP contribution in [-0.4, -0.2) is 40.7 Å². The number of rotatable bonds is 13. The van der Waals surface area contributed by atoms with E-state index in [-0.39, 0.29) is 5.97 Å². The number of anilines is 3. The molecule has 1 aromatic carbocycles. The van der Waals surface area contributed by atoms with Crippen LogP contribution in [-0.2, 0) is 11.3 Å². The van der Waals surface area contributed by atoms with E-state index >= 15 is 0 Å². The Balaban J connectivity index is 1.82. The Bertz CT molecular complexity index is 1030. The number of ether oxygens (including phenoxy) is 1. The van der Waals surface area contributed by atoms with Crippen LogP contribution < -0.4 is 16.4 Å². The maximum atomic E-state index is 11.7. The van der Waals surface area contributed by atoms with Gasteiger partial charge in [0.1, 0.15) is 11.3 Å². The molecule has 4 N–H and O–H groups in total. The molecule has 3 rings (SSSR count). The molecule has 0 aliphatic rings. The van der Waals surface area contributed by atoms with Crippen molar-refractivity contribution in [3.05, 3.63) is 42.0 Å². The molecule has 2 heterocycles. The van der Waals surface area contributed by atoms with Crippen LogP contribution in [0.5, 0.6) is 0 Å². The number of hydrogen-bond donors (Lipinski definition) is 3. The molecule has 178 valence electrons. The van der Waals surface area contributed by atoms with Gasteiger partial charge in [0.05, 0.1) is 12.7 Å². The van der Waals surface area contributed by atoms with Crippen LogP contribution >= 0.6 is 0 Å². The number of unbranched alkanes of at least 4 members (excludes halogenated alkanes) is 1. The molecule has 0 aliphatic carbocycles. The molecule has 0 aliphatic heterocycles. The van der Waals surface area contributed by atoms with E-state index in [2.05, 4.69) is 29.0 Å². The molecule has 1 atom stereocenters. The van der Waals surface area contributed by atoms with Crippen LogP contribution in [0.2, 0.25) is 0 Å². The number of esters is 1. The quantitative estimate of drug-likeness (QED) is 0.315. The highest BCUT2D eigenvalue weighted by Gasteiger charge is 2.14. The molecule has 0 saturated heterocycles. The van der Waals surface area contributed by atoms with Crippen molar-refractivity contribution in [2.45, 2.75) is 52.5 Å². The van der Waals surface area contributed by atoms with Crippen LogP contribution in [0.1, 0.15) is 56.3 Å². The number of hydrogen-bond acceptors (Lipinski definition) is 7. The lowest BCUT2D eigenvalue weighted by Crippen LogP contribution is -2.14. The van der Waals surface area contributed by atoms with E-state index in [0.29, 0.717) is 30.5 Å². The highest BCUT2D eigenvalue weighted by atomic mass is 16.5. The van der Waals surface area contributed by atoms with Crippen molar-refractivity contribution in [3.8, 4) is 0 Å². The van der Waals surface area contributed by atoms with Gasteiger partial charge in [-0.2, -0.15) is 0 Å². The first kappa shape index (κ1) is 24.5. The van der Waals surface area contributed by atoms with Gasteiger partial charge in [-0.15, -0.1) is 0 Å². The van der Waals surface area contributed by atoms with E-state index in [1.54, 1.807) is 12.1 Å². The number of aromatic nitrogens is 3. The van der Waals surface area contributed by atoms with E-state index in [4.69, 9.17) is 20.4 Å². The molecule has 3 aromatic rings. The summed E-state index contributed by atoms with van der Waals surface area (Å²) in [5.74, 6) is 1.85. The zero-order chi connectivity index (χ0) is 23.6. The highest BCUT2D eigenvalue weighted by Crippen LogP contribution is 2.24. The number of fused-ring (bicyclic) bond motifs is 1. The van der Waals surface area contributed by atoms with Gasteiger partial charge in [-0.05, 0) is 61.7 Å². The van der Waals surface area contributed by atoms with Gasteiger partial charge in [0, 0.05) is 18.8 Å². The second-order valence-electron chi connectivity index (χ2n) is 8.26. The average molecular weight is 453 g/mol. The van der Waals surface area contributed by atoms with Crippen LogP contribution in [0.25, 0.3) is 11.2 Å². The van der Waals surface area contributed by atoms with Crippen molar-refractivity contribution in [2.75, 3.05) is 30.8 Å². The number of nitrogens with two attached hydrogens (primary N) is 1. The first-order valence-corrected chi connectivity index (χ1v) is 11.9. The number of carbonyl (C=O) groups is 1. The Labute approximate surface area is 195 Å². The first-order chi connectivity index (χ1) is 16.1. The Hall–Kier alpha value is -3.13. The molecule has 0 fully saturated rings. The number of imidazole rings is 1. The summed E-state index contributed by atoms with van der Waals surface area (Å²) < 4.78 is 6.83. The maximum Gasteiger partial charge on any atom is 0.337 e. The lowest BCUT2D eigenvalue weighted by atomic mass is 9.99. The summed E-state index contributed by atoms with van der Waals surface area (Å²) in [4.78, 5) is 21.3. The minimum Gasteiger partial charge on any atom is -0.465 e. The monoisotopic (exact) mass is 452 g/mol. The van der Waals surface area contributed by atoms with E-state index in [0.717, 1.165) is 42.1 Å². The number of pyridine rings is 1. The number of nitrogens with one attached hydrogen (secondary N) is 2. The van der Waals surface area contributed by atoms with E-state index in [1.807, 2.05) is 24.3 Å². The maximum absolute atomic E-state index is 11.7. The predicted molar refractivity (Wildman–Crippen MR) is 134 cm³/mol. The molecule has 0 amide bonds. The summed E-state index contributed by atoms with van der Waals surface area (Å²) in [6.45, 7) is 6.69. The molecule has 0 saturated carbocycles. The van der Waals surface area contributed by atoms with Crippen molar-refractivity contribution in [1.29, 1.82) is 0 Å². The van der Waals surface area contributed by atoms with Gasteiger partial charge in [0.15, 0.2) is 5.65 Å². The Kier molecular flexibility index (Phi) is 9.06. The summed E-state index contributed by atoms with van der Waals surface area (Å²) in [5.41, 5.74) is 8.76. The number of nitrogens with zero attached hydrogens (tertiary/aromatic N) is 3. The van der Waals surface area contributed by atoms with Gasteiger partial charge in [-0.3, -0.25) is 4.57 Å². The fourth-order valence-electron chi connectivity index (χ4n) is 3.79. The molecule has 2 aromatic heterocycles. The van der Waals surface area contributed by atoms with Gasteiger partial charge < -0.3 is 21.1 Å². The summed E-state index contributed by atoms with van der Waals surface area (Å²) in [5, 5.41) is 6.88. The van der Waals surface area contributed by atoms with Crippen molar-refractivity contribution in [2.24, 2.45) is 11.7 Å². The topological polar surface area (TPSA) is 107 Å². The minimum atomic E-state index is -0.360. The van der Waals surface area contributed by atoms with Gasteiger partial charge in [-0.1, -0.05) is 33.1 Å². The summed E-state index contributed by atoms with van der Waals surface area (Å²) >= 11 is 0. The van der Waals surface area contributed by atoms with Gasteiger partial charge in [0.25, 0.3) is 0 Å². The second-order valence-corrected chi connectivity index (χ2v) is 8.26. The molecule has 8 nitrogen and oxygen atoms in total. The van der Waals surface area contributed by atoms with Crippen molar-refractivity contribution >= 4 is 34.6 Å². The van der Waals surface area contributed by atoms with E-state index < -0.39 is 0 Å². The smallest absolute Gasteiger partial charge is 0.337 e. The van der Waals surface area contributed by atoms with Crippen LogP contribution in [0.15, 0.2) is 36.4 Å². The van der Waals surface area contributed by atoms with E-state index in [1.165, 1.54) is 26.4 Å². The molecule has 0 radical (unpaired) electrons. The number of methoxy groups -OCH3 is 1. The number of carbonyl (C=O) groups excluding carboxylic acids is 1. The van der Waals surface area contributed by atoms with Crippen LogP contribution in [0, 0.1) is 5.92 Å². The Morgan fingerprint density at radius 1 is 1.12 bits per heavy atom. The SMILES string of the molecule is CCCCC(CC)CNc1ccc2nc(Nc3ccc(C(=O)OC)cc3)n(CCCN)c2n1. The Morgan fingerprint density at radius 2 is 1.91 bits per heavy atom. The van der Waals surface area contributed by atoms with Gasteiger partial charge in [-0.25, -0.2) is 14.8 Å². The third kappa shape index (κ3) is 6.44. The van der Waals surface area contributed by atoms with Gasteiger partial charge >= 0.3 is 5.97 Å². The average Bonchev–Trinajstić information content (AvgIpc) is 3.18. The third-order valence-electron chi connectivity index (χ3n) is 5.86. The third-order valence-corrected chi connectivity index (χ3v) is 5.86. The molecular formula is C25H36N6O2. The second kappa shape index (κ2) is 12.2. The minimum absolute atomic E-state index is 0.360. The molecule has 8 heteroatoms. The lowest BCUT2D eigenvalue weighted by molar-refractivity contribution is 0.0601. The number of benzene rings is 1. The largest absolute Gasteiger partial charge is 0.465 e. The van der Waals surface area contributed by atoms with Crippen LogP contribution in [0.3, 0.4) is 0 Å². The Morgan fingerprint density at radius 3 is 2.58 bits per heavy atom. The molecule has 0 bridgehead atoms. The standard InChI is InChI=1S/C25H36N6O2/c1-4-6-8-18(5-2)17-27-22-14-13-21-23(30-22)31(16-7-15-26)25(29-21)28-20-11-9-19(10-12-20)24(32)33-3/h9-14,18H,4-8,15-17,26H2,1-3H3,(H,27,30)(H,28,29). The van der Waals surface area contributed by atoms with Crippen molar-refractivity contribution in [3.63, 3.8) is 0 Å². The summed E-state index contributed by atoms with van der Waals surface area (Å²) in [7, 11) is 1.37. The predicted octanol–water partition coefficient (Wildman–Crippen LogP) is 4.94. The highest BCUT2D eigenvalue weighted by molar-refractivity contribution is 5.89. The zero-order valence-electron chi connectivity index (χ0n) is 19.9. The number of aryl methyl sites for hydroxylation is 1. The fourth-order valence-corrected chi connectivity index (χ4v) is 3.79. The van der Waals surface area contributed by atoms with Crippen molar-refractivity contribution < 1.29 is 9.53 Å². The molecule has 33 heavy (non-hydrogen) atoms. The zero-order valence-corrected chi connectivity index (χ0v) is 19.9. The summed E-state index contributed by atoms with van der Waals surface area (Å²) in [6, 6.07) is 11.1. The van der Waals surface area contributed by atoms with Crippen LogP contribution in [0.4, 0.5) is 17.5 Å². The lowest BCUT2D eigenvalue weighted by Gasteiger charge is -2.16. The first-order valence-electron chi connectivity index (χ1n) is 11.9.